The summed E-state index contributed by atoms with van der Waals surface area (Å²) in [7, 11) is -6.86. The molecule has 0 spiro atoms. The van der Waals surface area contributed by atoms with E-state index in [0.29, 0.717) is 0 Å². The minimum atomic E-state index is -3.43. The van der Waals surface area contributed by atoms with Gasteiger partial charge in [0.25, 0.3) is 0 Å². The summed E-state index contributed by atoms with van der Waals surface area (Å²) >= 11 is 0. The Hall–Kier alpha value is -2.66. The van der Waals surface area contributed by atoms with E-state index in [1.165, 1.54) is 0 Å². The molecule has 0 saturated carbocycles. The van der Waals surface area contributed by atoms with Crippen LogP contribution in [0.15, 0.2) is 121 Å². The Labute approximate surface area is 222 Å². The molecule has 4 aromatic carbocycles. The van der Waals surface area contributed by atoms with Crippen LogP contribution in [-0.2, 0) is 9.13 Å². The fourth-order valence-electron chi connectivity index (χ4n) is 6.09. The smallest absolute Gasteiger partial charge is 0.154 e. The molecule has 0 unspecified atom stereocenters. The highest BCUT2D eigenvalue weighted by Crippen LogP contribution is 2.72. The van der Waals surface area contributed by atoms with Gasteiger partial charge in [-0.3, -0.25) is 0 Å². The Morgan fingerprint density at radius 2 is 0.757 bits per heavy atom. The molecule has 0 fully saturated rings. The molecule has 4 rings (SSSR count). The number of benzene rings is 4. The summed E-state index contributed by atoms with van der Waals surface area (Å²) in [5.41, 5.74) is -0.425. The molecule has 192 valence electrons. The highest BCUT2D eigenvalue weighted by atomic mass is 31.2. The largest absolute Gasteiger partial charge is 0.313 e. The lowest BCUT2D eigenvalue weighted by atomic mass is 9.83. The molecule has 0 atom stereocenters. The predicted octanol–water partition coefficient (Wildman–Crippen LogP) is 7.95. The van der Waals surface area contributed by atoms with Crippen LogP contribution in [0, 0.1) is 5.41 Å². The lowest BCUT2D eigenvalue weighted by Crippen LogP contribution is -2.43. The van der Waals surface area contributed by atoms with Crippen LogP contribution < -0.4 is 21.2 Å². The van der Waals surface area contributed by atoms with Crippen LogP contribution >= 0.6 is 14.3 Å². The van der Waals surface area contributed by atoms with Crippen molar-refractivity contribution in [1.29, 1.82) is 0 Å². The number of hydrogen-bond donors (Lipinski definition) is 0. The van der Waals surface area contributed by atoms with Crippen LogP contribution in [0.3, 0.4) is 0 Å². The third-order valence-corrected chi connectivity index (χ3v) is 16.4. The highest BCUT2D eigenvalue weighted by molar-refractivity contribution is 7.95. The van der Waals surface area contributed by atoms with E-state index >= 15 is 9.13 Å². The fourth-order valence-corrected chi connectivity index (χ4v) is 16.0. The maximum absolute atomic E-state index is 16.1. The van der Waals surface area contributed by atoms with Crippen molar-refractivity contribution in [3.8, 4) is 0 Å². The zero-order valence-electron chi connectivity index (χ0n) is 22.2. The Balaban J connectivity index is 2.19. The molecule has 4 aromatic rings. The van der Waals surface area contributed by atoms with Crippen molar-refractivity contribution in [1.82, 2.24) is 0 Å². The molecule has 0 N–H and O–H groups in total. The average molecular weight is 529 g/mol. The molecule has 0 aromatic heterocycles. The first-order valence-electron chi connectivity index (χ1n) is 13.3. The lowest BCUT2D eigenvalue weighted by Gasteiger charge is -2.46. The minimum absolute atomic E-state index is 0.425. The summed E-state index contributed by atoms with van der Waals surface area (Å²) in [5.74, 6) is 0. The molecule has 0 aliphatic carbocycles. The first-order chi connectivity index (χ1) is 17.9. The maximum atomic E-state index is 16.1. The van der Waals surface area contributed by atoms with Crippen LogP contribution in [0.1, 0.15) is 46.5 Å². The summed E-state index contributed by atoms with van der Waals surface area (Å²) < 4.78 is 32.3. The van der Waals surface area contributed by atoms with E-state index in [0.717, 1.165) is 46.9 Å². The molecular weight excluding hydrogens is 490 g/mol. The van der Waals surface area contributed by atoms with Gasteiger partial charge in [-0.1, -0.05) is 155 Å². The second kappa shape index (κ2) is 11.8. The van der Waals surface area contributed by atoms with Gasteiger partial charge in [-0.15, -0.1) is 0 Å². The van der Waals surface area contributed by atoms with Gasteiger partial charge in [-0.2, -0.15) is 0 Å². The third-order valence-electron chi connectivity index (χ3n) is 7.51. The third kappa shape index (κ3) is 5.20. The molecule has 37 heavy (non-hydrogen) atoms. The van der Waals surface area contributed by atoms with Crippen LogP contribution in [0.25, 0.3) is 0 Å². The van der Waals surface area contributed by atoms with Crippen molar-refractivity contribution < 1.29 is 9.13 Å². The Kier molecular flexibility index (Phi) is 8.74. The van der Waals surface area contributed by atoms with E-state index in [1.54, 1.807) is 0 Å². The van der Waals surface area contributed by atoms with Crippen molar-refractivity contribution in [2.75, 3.05) is 0 Å². The fraction of sp³-hybridized carbons (Fsp3) is 0.273. The quantitative estimate of drug-likeness (QED) is 0.185. The predicted molar refractivity (Wildman–Crippen MR) is 161 cm³/mol. The molecule has 0 radical (unpaired) electrons. The zero-order valence-corrected chi connectivity index (χ0v) is 24.0. The monoisotopic (exact) mass is 528 g/mol. The minimum Gasteiger partial charge on any atom is -0.313 e. The van der Waals surface area contributed by atoms with E-state index in [9.17, 15) is 0 Å². The zero-order chi connectivity index (χ0) is 26.4. The summed E-state index contributed by atoms with van der Waals surface area (Å²) in [6.07, 6.45) is 3.55. The van der Waals surface area contributed by atoms with Crippen molar-refractivity contribution in [3.63, 3.8) is 0 Å². The summed E-state index contributed by atoms with van der Waals surface area (Å²) in [5, 5.41) is 2.50. The molecular formula is C33H38O2P2. The summed E-state index contributed by atoms with van der Waals surface area (Å²) in [6.45, 7) is 6.59. The molecule has 0 aliphatic rings. The molecule has 0 aliphatic heterocycles. The van der Waals surface area contributed by atoms with Crippen LogP contribution in [0.2, 0.25) is 0 Å². The number of rotatable bonds is 11. The average Bonchev–Trinajstić information content (AvgIpc) is 2.95. The number of hydrogen-bond acceptors (Lipinski definition) is 2. The molecule has 0 amide bonds. The van der Waals surface area contributed by atoms with Gasteiger partial charge in [0.2, 0.25) is 0 Å². The molecule has 2 nitrogen and oxygen atoms in total. The van der Waals surface area contributed by atoms with Crippen molar-refractivity contribution in [3.05, 3.63) is 121 Å². The van der Waals surface area contributed by atoms with Gasteiger partial charge in [0, 0.05) is 21.2 Å². The van der Waals surface area contributed by atoms with E-state index in [2.05, 4.69) is 20.8 Å². The standard InChI is InChI=1S/C33H38O2P2/c1-4-26-33(3,27-5-2)32(36(34,28-18-10-6-11-19-28)29-20-12-7-13-21-29)37(35,30-22-14-8-15-23-30)31-24-16-9-17-25-31/h6-25,32H,4-5,26-27H2,1-3H3. The first-order valence-corrected chi connectivity index (χ1v) is 16.9. The van der Waals surface area contributed by atoms with E-state index < -0.39 is 25.1 Å². The van der Waals surface area contributed by atoms with E-state index in [-0.39, 0.29) is 0 Å². The SMILES string of the molecule is CCCC(C)(CCC)C(P(=O)(c1ccccc1)c1ccccc1)P(=O)(c1ccccc1)c1ccccc1. The van der Waals surface area contributed by atoms with E-state index in [1.807, 2.05) is 121 Å². The van der Waals surface area contributed by atoms with Gasteiger partial charge >= 0.3 is 0 Å². The van der Waals surface area contributed by atoms with Crippen LogP contribution in [0.5, 0.6) is 0 Å². The van der Waals surface area contributed by atoms with Gasteiger partial charge in [-0.05, 0) is 18.3 Å². The van der Waals surface area contributed by atoms with Gasteiger partial charge in [0.1, 0.15) is 0 Å². The normalized spacial score (nSPS) is 12.5. The van der Waals surface area contributed by atoms with Crippen LogP contribution in [-0.4, -0.2) is 5.40 Å². The van der Waals surface area contributed by atoms with Gasteiger partial charge in [0.15, 0.2) is 14.3 Å². The Morgan fingerprint density at radius 1 is 0.514 bits per heavy atom. The van der Waals surface area contributed by atoms with Gasteiger partial charge in [0.05, 0.1) is 5.40 Å². The highest BCUT2D eigenvalue weighted by Gasteiger charge is 2.57. The van der Waals surface area contributed by atoms with Crippen LogP contribution in [0.4, 0.5) is 0 Å². The second-order valence-electron chi connectivity index (χ2n) is 10.2. The first kappa shape index (κ1) is 27.4. The maximum Gasteiger partial charge on any atom is 0.154 e. The van der Waals surface area contributed by atoms with Crippen molar-refractivity contribution in [2.45, 2.75) is 51.9 Å². The summed E-state index contributed by atoms with van der Waals surface area (Å²) in [4.78, 5) is 0. The topological polar surface area (TPSA) is 34.1 Å². The molecule has 4 heteroatoms. The Morgan fingerprint density at radius 3 is 0.973 bits per heavy atom. The van der Waals surface area contributed by atoms with Crippen molar-refractivity contribution >= 4 is 35.5 Å². The van der Waals surface area contributed by atoms with Crippen molar-refractivity contribution in [2.24, 2.45) is 5.41 Å². The van der Waals surface area contributed by atoms with E-state index in [4.69, 9.17) is 0 Å². The van der Waals surface area contributed by atoms with Gasteiger partial charge in [-0.25, -0.2) is 0 Å². The second-order valence-corrected chi connectivity index (χ2v) is 16.3. The molecule has 0 bridgehead atoms. The molecule has 0 saturated heterocycles. The lowest BCUT2D eigenvalue weighted by molar-refractivity contribution is 0.284. The Bertz CT molecular complexity index is 1160. The van der Waals surface area contributed by atoms with Gasteiger partial charge < -0.3 is 9.13 Å². The molecule has 0 heterocycles. The summed E-state index contributed by atoms with van der Waals surface area (Å²) in [6, 6.07) is 39.2.